The highest BCUT2D eigenvalue weighted by Gasteiger charge is 2.06. The zero-order valence-electron chi connectivity index (χ0n) is 9.69. The molecule has 1 heteroatoms. The fraction of sp³-hybridized carbons (Fsp3) is 0.125. The molecule has 0 bridgehead atoms. The molecule has 0 aromatic heterocycles. The molecule has 0 spiro atoms. The van der Waals surface area contributed by atoms with E-state index in [2.05, 4.69) is 42.5 Å². The summed E-state index contributed by atoms with van der Waals surface area (Å²) in [5.41, 5.74) is 11.8. The van der Waals surface area contributed by atoms with Crippen molar-refractivity contribution in [2.75, 3.05) is 5.73 Å². The fourth-order valence-electron chi connectivity index (χ4n) is 2.28. The normalized spacial score (nSPS) is 13.4. The molecular weight excluding hydrogens is 206 g/mol. The van der Waals surface area contributed by atoms with Gasteiger partial charge in [0, 0.05) is 5.69 Å². The van der Waals surface area contributed by atoms with Crippen LogP contribution in [0.2, 0.25) is 0 Å². The summed E-state index contributed by atoms with van der Waals surface area (Å²) in [5, 5.41) is 0. The summed E-state index contributed by atoms with van der Waals surface area (Å²) in [6.45, 7) is 0. The molecule has 0 heterocycles. The minimum atomic E-state index is 0.812. The highest BCUT2D eigenvalue weighted by molar-refractivity contribution is 5.70. The van der Waals surface area contributed by atoms with Gasteiger partial charge in [0.1, 0.15) is 0 Å². The molecule has 0 saturated heterocycles. The maximum Gasteiger partial charge on any atom is 0.0314 e. The molecule has 0 amide bonds. The van der Waals surface area contributed by atoms with Crippen LogP contribution >= 0.6 is 0 Å². The van der Waals surface area contributed by atoms with Crippen LogP contribution in [0.15, 0.2) is 48.5 Å². The number of hydrogen-bond donors (Lipinski definition) is 1. The average Bonchev–Trinajstić information content (AvgIpc) is 2.39. The molecule has 17 heavy (non-hydrogen) atoms. The first-order valence-electron chi connectivity index (χ1n) is 5.98. The Hall–Kier alpha value is -2.02. The second-order valence-electron chi connectivity index (χ2n) is 4.48. The predicted molar refractivity (Wildman–Crippen MR) is 73.6 cm³/mol. The van der Waals surface area contributed by atoms with Crippen molar-refractivity contribution in [3.05, 3.63) is 59.7 Å². The van der Waals surface area contributed by atoms with Crippen LogP contribution in [0.5, 0.6) is 0 Å². The number of nitrogen functional groups attached to an aromatic ring is 1. The summed E-state index contributed by atoms with van der Waals surface area (Å²) in [6.07, 6.45) is 6.79. The zero-order chi connectivity index (χ0) is 11.7. The van der Waals surface area contributed by atoms with E-state index in [0.717, 1.165) is 18.5 Å². The standard InChI is InChI=1S/C16H15N/c17-16-9-7-13(8-10-16)15-6-5-12-3-1-2-4-14(12)11-15/h2,4-11H,1,3,17H2. The van der Waals surface area contributed by atoms with Gasteiger partial charge in [-0.15, -0.1) is 0 Å². The van der Waals surface area contributed by atoms with Crippen molar-refractivity contribution in [1.29, 1.82) is 0 Å². The smallest absolute Gasteiger partial charge is 0.0314 e. The van der Waals surface area contributed by atoms with Gasteiger partial charge in [-0.2, -0.15) is 0 Å². The van der Waals surface area contributed by atoms with Crippen LogP contribution in [0.25, 0.3) is 17.2 Å². The molecule has 2 aromatic carbocycles. The Morgan fingerprint density at radius 2 is 1.65 bits per heavy atom. The number of anilines is 1. The summed E-state index contributed by atoms with van der Waals surface area (Å²) < 4.78 is 0. The van der Waals surface area contributed by atoms with Crippen LogP contribution in [0.3, 0.4) is 0 Å². The highest BCUT2D eigenvalue weighted by Crippen LogP contribution is 2.26. The Bertz CT molecular complexity index is 565. The van der Waals surface area contributed by atoms with E-state index in [1.807, 2.05) is 12.1 Å². The van der Waals surface area contributed by atoms with Gasteiger partial charge in [0.2, 0.25) is 0 Å². The van der Waals surface area contributed by atoms with E-state index in [-0.39, 0.29) is 0 Å². The van der Waals surface area contributed by atoms with Crippen molar-refractivity contribution in [2.45, 2.75) is 12.8 Å². The zero-order valence-corrected chi connectivity index (χ0v) is 9.69. The molecule has 0 atom stereocenters. The lowest BCUT2D eigenvalue weighted by atomic mass is 9.93. The summed E-state index contributed by atoms with van der Waals surface area (Å²) >= 11 is 0. The molecule has 84 valence electrons. The second kappa shape index (κ2) is 4.10. The van der Waals surface area contributed by atoms with E-state index in [0.29, 0.717) is 0 Å². The Balaban J connectivity index is 2.05. The molecule has 2 N–H and O–H groups in total. The van der Waals surface area contributed by atoms with Crippen LogP contribution in [0, 0.1) is 0 Å². The van der Waals surface area contributed by atoms with Gasteiger partial charge in [-0.1, -0.05) is 36.4 Å². The van der Waals surface area contributed by atoms with Gasteiger partial charge < -0.3 is 5.73 Å². The van der Waals surface area contributed by atoms with Crippen LogP contribution in [0.1, 0.15) is 17.5 Å². The largest absolute Gasteiger partial charge is 0.399 e. The van der Waals surface area contributed by atoms with Gasteiger partial charge in [0.25, 0.3) is 0 Å². The molecule has 2 aromatic rings. The first-order chi connectivity index (χ1) is 8.33. The number of nitrogens with two attached hydrogens (primary N) is 1. The van der Waals surface area contributed by atoms with Crippen LogP contribution in [0.4, 0.5) is 5.69 Å². The van der Waals surface area contributed by atoms with Crippen molar-refractivity contribution in [2.24, 2.45) is 0 Å². The van der Waals surface area contributed by atoms with Gasteiger partial charge in [-0.05, 0) is 53.3 Å². The summed E-state index contributed by atoms with van der Waals surface area (Å²) in [6, 6.07) is 14.7. The highest BCUT2D eigenvalue weighted by atomic mass is 14.5. The fourth-order valence-corrected chi connectivity index (χ4v) is 2.28. The minimum Gasteiger partial charge on any atom is -0.399 e. The molecule has 0 radical (unpaired) electrons. The number of fused-ring (bicyclic) bond motifs is 1. The van der Waals surface area contributed by atoms with E-state index in [1.165, 1.54) is 22.3 Å². The third kappa shape index (κ3) is 1.96. The van der Waals surface area contributed by atoms with Crippen LogP contribution in [-0.4, -0.2) is 0 Å². The van der Waals surface area contributed by atoms with E-state index in [1.54, 1.807) is 0 Å². The quantitative estimate of drug-likeness (QED) is 0.726. The Kier molecular flexibility index (Phi) is 2.45. The topological polar surface area (TPSA) is 26.0 Å². The van der Waals surface area contributed by atoms with Gasteiger partial charge in [0.05, 0.1) is 0 Å². The minimum absolute atomic E-state index is 0.812. The van der Waals surface area contributed by atoms with Crippen molar-refractivity contribution in [1.82, 2.24) is 0 Å². The molecule has 1 aliphatic rings. The molecular formula is C16H15N. The lowest BCUT2D eigenvalue weighted by Crippen LogP contribution is -1.94. The van der Waals surface area contributed by atoms with Crippen molar-refractivity contribution >= 4 is 11.8 Å². The molecule has 3 rings (SSSR count). The van der Waals surface area contributed by atoms with Gasteiger partial charge in [-0.25, -0.2) is 0 Å². The second-order valence-corrected chi connectivity index (χ2v) is 4.48. The monoisotopic (exact) mass is 221 g/mol. The van der Waals surface area contributed by atoms with Gasteiger partial charge in [0.15, 0.2) is 0 Å². The van der Waals surface area contributed by atoms with Crippen molar-refractivity contribution < 1.29 is 0 Å². The van der Waals surface area contributed by atoms with Crippen molar-refractivity contribution in [3.8, 4) is 11.1 Å². The summed E-state index contributed by atoms with van der Waals surface area (Å²) in [5.74, 6) is 0. The van der Waals surface area contributed by atoms with Crippen LogP contribution in [-0.2, 0) is 6.42 Å². The molecule has 0 fully saturated rings. The summed E-state index contributed by atoms with van der Waals surface area (Å²) in [7, 11) is 0. The van der Waals surface area contributed by atoms with Crippen molar-refractivity contribution in [3.63, 3.8) is 0 Å². The Morgan fingerprint density at radius 3 is 2.47 bits per heavy atom. The van der Waals surface area contributed by atoms with E-state index >= 15 is 0 Å². The van der Waals surface area contributed by atoms with E-state index in [9.17, 15) is 0 Å². The van der Waals surface area contributed by atoms with E-state index in [4.69, 9.17) is 5.73 Å². The Labute approximate surface area is 102 Å². The molecule has 1 aliphatic carbocycles. The number of aryl methyl sites for hydroxylation is 1. The van der Waals surface area contributed by atoms with Gasteiger partial charge in [-0.3, -0.25) is 0 Å². The lowest BCUT2D eigenvalue weighted by molar-refractivity contribution is 0.986. The number of allylic oxidation sites excluding steroid dienone is 1. The maximum absolute atomic E-state index is 5.70. The number of rotatable bonds is 1. The average molecular weight is 221 g/mol. The number of benzene rings is 2. The third-order valence-corrected chi connectivity index (χ3v) is 3.27. The maximum atomic E-state index is 5.70. The first-order valence-corrected chi connectivity index (χ1v) is 5.98. The van der Waals surface area contributed by atoms with Crippen LogP contribution < -0.4 is 5.73 Å². The molecule has 0 saturated carbocycles. The SMILES string of the molecule is Nc1ccc(-c2ccc3c(c2)C=CCC3)cc1. The molecule has 0 unspecified atom stereocenters. The summed E-state index contributed by atoms with van der Waals surface area (Å²) in [4.78, 5) is 0. The molecule has 0 aliphatic heterocycles. The molecule has 1 nitrogen and oxygen atoms in total. The Morgan fingerprint density at radius 1 is 0.882 bits per heavy atom. The van der Waals surface area contributed by atoms with E-state index < -0.39 is 0 Å². The first kappa shape index (κ1) is 10.2. The number of hydrogen-bond acceptors (Lipinski definition) is 1. The van der Waals surface area contributed by atoms with Gasteiger partial charge >= 0.3 is 0 Å². The lowest BCUT2D eigenvalue weighted by Gasteiger charge is -2.12. The third-order valence-electron chi connectivity index (χ3n) is 3.27. The predicted octanol–water partition coefficient (Wildman–Crippen LogP) is 3.90.